The minimum atomic E-state index is -0.378. The van der Waals surface area contributed by atoms with Crippen LogP contribution in [0, 0.1) is 17.7 Å². The lowest BCUT2D eigenvalue weighted by molar-refractivity contribution is 0.293. The maximum Gasteiger partial charge on any atom is 0.166 e. The van der Waals surface area contributed by atoms with Crippen LogP contribution in [0.15, 0.2) is 36.7 Å². The molecule has 2 rings (SSSR count). The van der Waals surface area contributed by atoms with Crippen LogP contribution in [0.3, 0.4) is 0 Å². The highest BCUT2D eigenvalue weighted by Gasteiger charge is 2.05. The number of hydrogen-bond donors (Lipinski definition) is 0. The van der Waals surface area contributed by atoms with Crippen LogP contribution in [-0.4, -0.2) is 15.8 Å². The van der Waals surface area contributed by atoms with Crippen molar-refractivity contribution in [1.82, 2.24) is 9.97 Å². The van der Waals surface area contributed by atoms with E-state index in [1.165, 1.54) is 12.1 Å². The monoisotopic (exact) mass is 290 g/mol. The van der Waals surface area contributed by atoms with Gasteiger partial charge in [-0.3, -0.25) is 0 Å². The fourth-order valence-corrected chi connectivity index (χ4v) is 1.57. The zero-order chi connectivity index (χ0) is 14.2. The van der Waals surface area contributed by atoms with Gasteiger partial charge in [0.05, 0.1) is 5.56 Å². The van der Waals surface area contributed by atoms with E-state index in [-0.39, 0.29) is 12.4 Å². The van der Waals surface area contributed by atoms with Crippen molar-refractivity contribution < 1.29 is 9.13 Å². The second-order valence-electron chi connectivity index (χ2n) is 3.83. The fraction of sp³-hybridized carbons (Fsp3) is 0.200. The van der Waals surface area contributed by atoms with Crippen LogP contribution in [0.25, 0.3) is 0 Å². The molecule has 0 radical (unpaired) electrons. The quantitative estimate of drug-likeness (QED) is 0.641. The summed E-state index contributed by atoms with van der Waals surface area (Å²) in [5.74, 6) is 6.79. The third kappa shape index (κ3) is 4.22. The van der Waals surface area contributed by atoms with Gasteiger partial charge in [0.25, 0.3) is 0 Å². The number of nitrogens with zero attached hydrogens (tertiary/aromatic N) is 2. The largest absolute Gasteiger partial charge is 0.484 e. The summed E-state index contributed by atoms with van der Waals surface area (Å²) in [5, 5.41) is 0. The number of halogens is 2. The number of benzene rings is 1. The molecule has 0 spiro atoms. The van der Waals surface area contributed by atoms with E-state index in [0.717, 1.165) is 0 Å². The summed E-state index contributed by atoms with van der Waals surface area (Å²) in [6.07, 6.45) is 3.82. The van der Waals surface area contributed by atoms with E-state index in [1.54, 1.807) is 24.5 Å². The topological polar surface area (TPSA) is 35.0 Å². The number of hydrogen-bond acceptors (Lipinski definition) is 3. The molecule has 0 saturated heterocycles. The first-order chi connectivity index (χ1) is 9.79. The van der Waals surface area contributed by atoms with Crippen LogP contribution in [0.5, 0.6) is 5.75 Å². The molecule has 0 amide bonds. The number of rotatable bonds is 4. The lowest BCUT2D eigenvalue weighted by atomic mass is 10.2. The molecule has 0 atom stereocenters. The third-order valence-corrected chi connectivity index (χ3v) is 2.55. The first-order valence-electron chi connectivity index (χ1n) is 6.02. The molecule has 0 saturated carbocycles. The Morgan fingerprint density at radius 1 is 1.25 bits per heavy atom. The predicted octanol–water partition coefficient (Wildman–Crippen LogP) is 3.18. The molecule has 2 aromatic rings. The van der Waals surface area contributed by atoms with Gasteiger partial charge in [0.2, 0.25) is 0 Å². The summed E-state index contributed by atoms with van der Waals surface area (Å²) in [4.78, 5) is 8.08. The van der Waals surface area contributed by atoms with Gasteiger partial charge >= 0.3 is 0 Å². The molecule has 20 heavy (non-hydrogen) atoms. The normalized spacial score (nSPS) is 9.70. The molecule has 1 heterocycles. The van der Waals surface area contributed by atoms with Crippen LogP contribution in [0.4, 0.5) is 4.39 Å². The number of ether oxygens (including phenoxy) is 1. The van der Waals surface area contributed by atoms with E-state index < -0.39 is 0 Å². The Labute approximate surface area is 121 Å². The highest BCUT2D eigenvalue weighted by atomic mass is 35.5. The Balaban J connectivity index is 2.13. The minimum Gasteiger partial charge on any atom is -0.484 e. The summed E-state index contributed by atoms with van der Waals surface area (Å²) in [7, 11) is 0. The molecule has 102 valence electrons. The summed E-state index contributed by atoms with van der Waals surface area (Å²) in [6, 6.07) is 5.94. The van der Waals surface area contributed by atoms with Crippen LogP contribution in [-0.2, 0) is 6.61 Å². The van der Waals surface area contributed by atoms with Crippen molar-refractivity contribution in [2.24, 2.45) is 0 Å². The van der Waals surface area contributed by atoms with E-state index in [9.17, 15) is 4.39 Å². The molecule has 0 unspecified atom stereocenters. The molecular weight excluding hydrogens is 279 g/mol. The molecular formula is C15H12ClFN2O. The molecule has 5 heteroatoms. The van der Waals surface area contributed by atoms with Crippen molar-refractivity contribution in [3.63, 3.8) is 0 Å². The Morgan fingerprint density at radius 3 is 2.80 bits per heavy atom. The van der Waals surface area contributed by atoms with Gasteiger partial charge in [0, 0.05) is 30.8 Å². The maximum absolute atomic E-state index is 13.3. The van der Waals surface area contributed by atoms with Gasteiger partial charge < -0.3 is 4.74 Å². The van der Waals surface area contributed by atoms with Gasteiger partial charge in [-0.2, -0.15) is 0 Å². The highest BCUT2D eigenvalue weighted by Crippen LogP contribution is 2.20. The Bertz CT molecular complexity index is 623. The van der Waals surface area contributed by atoms with Crippen LogP contribution >= 0.6 is 11.6 Å². The molecule has 0 N–H and O–H groups in total. The Kier molecular flexibility index (Phi) is 5.33. The smallest absolute Gasteiger partial charge is 0.166 e. The summed E-state index contributed by atoms with van der Waals surface area (Å²) >= 11 is 5.56. The zero-order valence-electron chi connectivity index (χ0n) is 10.6. The van der Waals surface area contributed by atoms with Crippen molar-refractivity contribution in [1.29, 1.82) is 0 Å². The van der Waals surface area contributed by atoms with Crippen molar-refractivity contribution in [2.45, 2.75) is 13.0 Å². The van der Waals surface area contributed by atoms with E-state index in [0.29, 0.717) is 29.4 Å². The molecule has 0 aliphatic carbocycles. The molecule has 1 aromatic carbocycles. The average molecular weight is 291 g/mol. The van der Waals surface area contributed by atoms with E-state index >= 15 is 0 Å². The van der Waals surface area contributed by atoms with Crippen molar-refractivity contribution in [3.05, 3.63) is 53.9 Å². The fourth-order valence-electron chi connectivity index (χ4n) is 1.47. The van der Waals surface area contributed by atoms with Crippen LogP contribution in [0.2, 0.25) is 0 Å². The van der Waals surface area contributed by atoms with Gasteiger partial charge in [0.1, 0.15) is 18.2 Å². The first-order valence-corrected chi connectivity index (χ1v) is 6.56. The zero-order valence-corrected chi connectivity index (χ0v) is 11.4. The van der Waals surface area contributed by atoms with Gasteiger partial charge in [0.15, 0.2) is 5.82 Å². The second kappa shape index (κ2) is 7.46. The van der Waals surface area contributed by atoms with Crippen LogP contribution in [0.1, 0.15) is 17.8 Å². The predicted molar refractivity (Wildman–Crippen MR) is 75.0 cm³/mol. The number of alkyl halides is 1. The maximum atomic E-state index is 13.3. The summed E-state index contributed by atoms with van der Waals surface area (Å²) < 4.78 is 18.8. The van der Waals surface area contributed by atoms with Crippen molar-refractivity contribution >= 4 is 11.6 Å². The van der Waals surface area contributed by atoms with Gasteiger partial charge in [-0.05, 0) is 18.2 Å². The third-order valence-electron chi connectivity index (χ3n) is 2.36. The lowest BCUT2D eigenvalue weighted by Crippen LogP contribution is -2.02. The first kappa shape index (κ1) is 14.3. The molecule has 0 bridgehead atoms. The van der Waals surface area contributed by atoms with Gasteiger partial charge in [-0.25, -0.2) is 14.4 Å². The molecule has 0 aliphatic heterocycles. The van der Waals surface area contributed by atoms with Crippen molar-refractivity contribution in [3.8, 4) is 17.6 Å². The molecule has 0 aliphatic rings. The van der Waals surface area contributed by atoms with Gasteiger partial charge in [-0.15, -0.1) is 11.6 Å². The molecule has 0 fully saturated rings. The highest BCUT2D eigenvalue weighted by molar-refractivity contribution is 6.18. The van der Waals surface area contributed by atoms with Crippen molar-refractivity contribution in [2.75, 3.05) is 5.88 Å². The number of aromatic nitrogens is 2. The second-order valence-corrected chi connectivity index (χ2v) is 4.21. The van der Waals surface area contributed by atoms with E-state index in [4.69, 9.17) is 16.3 Å². The van der Waals surface area contributed by atoms with E-state index in [2.05, 4.69) is 21.8 Å². The van der Waals surface area contributed by atoms with E-state index in [1.807, 2.05) is 0 Å². The molecule has 3 nitrogen and oxygen atoms in total. The Morgan fingerprint density at radius 2 is 2.05 bits per heavy atom. The molecule has 1 aromatic heterocycles. The lowest BCUT2D eigenvalue weighted by Gasteiger charge is -2.07. The Hall–Kier alpha value is -2.12. The SMILES string of the molecule is Fc1ccc(C#CCCCl)c(OCc2ncccn2)c1. The minimum absolute atomic E-state index is 0.161. The van der Waals surface area contributed by atoms with Gasteiger partial charge in [-0.1, -0.05) is 11.8 Å². The standard InChI is InChI=1S/C15H12ClFN2O/c16-7-2-1-4-12-5-6-13(17)10-14(12)20-11-15-18-8-3-9-19-15/h3,5-6,8-10H,2,7,11H2. The average Bonchev–Trinajstić information content (AvgIpc) is 2.48. The summed E-state index contributed by atoms with van der Waals surface area (Å²) in [6.45, 7) is 0.161. The summed E-state index contributed by atoms with van der Waals surface area (Å²) in [5.41, 5.74) is 0.618. The van der Waals surface area contributed by atoms with Crippen LogP contribution < -0.4 is 4.74 Å².